The molecule has 3 heteroatoms. The first-order valence-corrected chi connectivity index (χ1v) is 5.13. The van der Waals surface area contributed by atoms with E-state index in [0.29, 0.717) is 11.5 Å². The molecule has 0 amide bonds. The van der Waals surface area contributed by atoms with Gasteiger partial charge in [-0.15, -0.1) is 0 Å². The van der Waals surface area contributed by atoms with Crippen molar-refractivity contribution in [3.63, 3.8) is 0 Å². The maximum atomic E-state index is 11.4. The lowest BCUT2D eigenvalue weighted by molar-refractivity contribution is 0.404. The Hall–Kier alpha value is -0.830. The van der Waals surface area contributed by atoms with Crippen LogP contribution in [0, 0.1) is 0 Å². The molecule has 1 aromatic carbocycles. The summed E-state index contributed by atoms with van der Waals surface area (Å²) >= 11 is 0. The van der Waals surface area contributed by atoms with E-state index in [1.54, 1.807) is 7.11 Å². The minimum absolute atomic E-state index is 0.625. The molecule has 0 bridgehead atoms. The highest BCUT2D eigenvalue weighted by atomic mass is 32.2. The van der Waals surface area contributed by atoms with Crippen LogP contribution in [0.5, 0.6) is 5.75 Å². The molecule has 0 aliphatic rings. The SMILES string of the molecule is CCS(=O)c1ccccc1OC. The standard InChI is InChI=1S/C9H12O2S/c1-3-12(10)9-7-5-4-6-8(9)11-2/h4-7H,3H2,1-2H3. The number of rotatable bonds is 3. The topological polar surface area (TPSA) is 26.3 Å². The molecule has 0 aliphatic heterocycles. The van der Waals surface area contributed by atoms with Gasteiger partial charge in [0.15, 0.2) is 0 Å². The van der Waals surface area contributed by atoms with Crippen LogP contribution >= 0.6 is 0 Å². The van der Waals surface area contributed by atoms with E-state index in [1.165, 1.54) is 0 Å². The van der Waals surface area contributed by atoms with Gasteiger partial charge >= 0.3 is 0 Å². The zero-order chi connectivity index (χ0) is 8.97. The number of hydrogen-bond donors (Lipinski definition) is 0. The molecule has 1 unspecified atom stereocenters. The van der Waals surface area contributed by atoms with Crippen molar-refractivity contribution < 1.29 is 8.95 Å². The van der Waals surface area contributed by atoms with Crippen molar-refractivity contribution >= 4 is 10.8 Å². The second-order valence-corrected chi connectivity index (χ2v) is 3.99. The summed E-state index contributed by atoms with van der Waals surface area (Å²) < 4.78 is 16.5. The van der Waals surface area contributed by atoms with E-state index in [0.717, 1.165) is 4.90 Å². The smallest absolute Gasteiger partial charge is 0.134 e. The van der Waals surface area contributed by atoms with Crippen LogP contribution in [0.1, 0.15) is 6.92 Å². The molecule has 12 heavy (non-hydrogen) atoms. The third-order valence-electron chi connectivity index (χ3n) is 1.58. The summed E-state index contributed by atoms with van der Waals surface area (Å²) in [6.45, 7) is 1.89. The van der Waals surface area contributed by atoms with Crippen LogP contribution in [-0.4, -0.2) is 17.1 Å². The van der Waals surface area contributed by atoms with Crippen molar-refractivity contribution in [1.82, 2.24) is 0 Å². The Morgan fingerprint density at radius 3 is 2.67 bits per heavy atom. The van der Waals surface area contributed by atoms with E-state index >= 15 is 0 Å². The number of methoxy groups -OCH3 is 1. The normalized spacial score (nSPS) is 12.5. The Labute approximate surface area is 75.0 Å². The molecule has 66 valence electrons. The van der Waals surface area contributed by atoms with Gasteiger partial charge in [-0.25, -0.2) is 0 Å². The van der Waals surface area contributed by atoms with Gasteiger partial charge in [0.05, 0.1) is 22.8 Å². The Kier molecular flexibility index (Phi) is 3.29. The molecule has 0 saturated carbocycles. The number of hydrogen-bond acceptors (Lipinski definition) is 2. The molecule has 2 nitrogen and oxygen atoms in total. The van der Waals surface area contributed by atoms with Crippen LogP contribution in [-0.2, 0) is 10.8 Å². The van der Waals surface area contributed by atoms with E-state index in [1.807, 2.05) is 31.2 Å². The van der Waals surface area contributed by atoms with Gasteiger partial charge < -0.3 is 4.74 Å². The number of para-hydroxylation sites is 1. The van der Waals surface area contributed by atoms with Crippen LogP contribution < -0.4 is 4.74 Å². The summed E-state index contributed by atoms with van der Waals surface area (Å²) in [4.78, 5) is 0.780. The minimum Gasteiger partial charge on any atom is -0.495 e. The quantitative estimate of drug-likeness (QED) is 0.716. The highest BCUT2D eigenvalue weighted by Crippen LogP contribution is 2.20. The van der Waals surface area contributed by atoms with Crippen LogP contribution in [0.3, 0.4) is 0 Å². The largest absolute Gasteiger partial charge is 0.495 e. The summed E-state index contributed by atoms with van der Waals surface area (Å²) in [7, 11) is 0.662. The third kappa shape index (κ3) is 1.85. The monoisotopic (exact) mass is 184 g/mol. The second kappa shape index (κ2) is 4.26. The molecule has 0 heterocycles. The highest BCUT2D eigenvalue weighted by Gasteiger charge is 2.06. The summed E-state index contributed by atoms with van der Waals surface area (Å²) in [5.74, 6) is 1.33. The van der Waals surface area contributed by atoms with Crippen molar-refractivity contribution in [2.24, 2.45) is 0 Å². The fourth-order valence-electron chi connectivity index (χ4n) is 0.962. The van der Waals surface area contributed by atoms with Crippen molar-refractivity contribution in [1.29, 1.82) is 0 Å². The molecular formula is C9H12O2S. The summed E-state index contributed by atoms with van der Waals surface area (Å²) in [5.41, 5.74) is 0. The first-order chi connectivity index (χ1) is 5.79. The Morgan fingerprint density at radius 1 is 1.42 bits per heavy atom. The maximum Gasteiger partial charge on any atom is 0.134 e. The van der Waals surface area contributed by atoms with E-state index in [2.05, 4.69) is 0 Å². The fourth-order valence-corrected chi connectivity index (χ4v) is 1.88. The van der Waals surface area contributed by atoms with Gasteiger partial charge in [0.2, 0.25) is 0 Å². The molecule has 0 saturated heterocycles. The lowest BCUT2D eigenvalue weighted by Crippen LogP contribution is -1.97. The zero-order valence-electron chi connectivity index (χ0n) is 7.24. The van der Waals surface area contributed by atoms with Crippen molar-refractivity contribution in [3.8, 4) is 5.75 Å². The molecule has 0 aromatic heterocycles. The number of benzene rings is 1. The van der Waals surface area contributed by atoms with Crippen molar-refractivity contribution in [2.45, 2.75) is 11.8 Å². The molecule has 1 atom stereocenters. The van der Waals surface area contributed by atoms with Crippen molar-refractivity contribution in [3.05, 3.63) is 24.3 Å². The maximum absolute atomic E-state index is 11.4. The van der Waals surface area contributed by atoms with Gasteiger partial charge in [-0.3, -0.25) is 4.21 Å². The number of ether oxygens (including phenoxy) is 1. The summed E-state index contributed by atoms with van der Waals surface area (Å²) in [6, 6.07) is 7.39. The molecular weight excluding hydrogens is 172 g/mol. The molecule has 1 aromatic rings. The third-order valence-corrected chi connectivity index (χ3v) is 2.93. The van der Waals surface area contributed by atoms with Gasteiger partial charge in [-0.2, -0.15) is 0 Å². The zero-order valence-corrected chi connectivity index (χ0v) is 8.06. The molecule has 0 N–H and O–H groups in total. The first-order valence-electron chi connectivity index (χ1n) is 3.81. The van der Waals surface area contributed by atoms with E-state index in [-0.39, 0.29) is 0 Å². The van der Waals surface area contributed by atoms with Crippen LogP contribution in [0.25, 0.3) is 0 Å². The van der Waals surface area contributed by atoms with E-state index in [9.17, 15) is 4.21 Å². The predicted molar refractivity (Wildman–Crippen MR) is 49.9 cm³/mol. The highest BCUT2D eigenvalue weighted by molar-refractivity contribution is 7.85. The molecule has 1 rings (SSSR count). The minimum atomic E-state index is -0.927. The first kappa shape index (κ1) is 9.26. The predicted octanol–water partition coefficient (Wildman–Crippen LogP) is 1.82. The second-order valence-electron chi connectivity index (χ2n) is 2.29. The molecule has 0 spiro atoms. The van der Waals surface area contributed by atoms with Gasteiger partial charge in [-0.1, -0.05) is 19.1 Å². The average molecular weight is 184 g/mol. The molecule has 0 radical (unpaired) electrons. The lowest BCUT2D eigenvalue weighted by Gasteiger charge is -2.05. The van der Waals surface area contributed by atoms with E-state index < -0.39 is 10.8 Å². The Balaban J connectivity index is 3.04. The van der Waals surface area contributed by atoms with Gasteiger partial charge in [0, 0.05) is 5.75 Å². The van der Waals surface area contributed by atoms with Crippen LogP contribution in [0.4, 0.5) is 0 Å². The molecule has 0 aliphatic carbocycles. The molecule has 0 fully saturated rings. The Bertz CT molecular complexity index is 284. The van der Waals surface area contributed by atoms with Gasteiger partial charge in [0.25, 0.3) is 0 Å². The summed E-state index contributed by atoms with van der Waals surface area (Å²) in [6.07, 6.45) is 0. The fraction of sp³-hybridized carbons (Fsp3) is 0.333. The Morgan fingerprint density at radius 2 is 2.08 bits per heavy atom. The van der Waals surface area contributed by atoms with Gasteiger partial charge in [0.1, 0.15) is 5.75 Å². The average Bonchev–Trinajstić information content (AvgIpc) is 2.16. The summed E-state index contributed by atoms with van der Waals surface area (Å²) in [5, 5.41) is 0. The van der Waals surface area contributed by atoms with Crippen LogP contribution in [0.15, 0.2) is 29.2 Å². The van der Waals surface area contributed by atoms with Crippen molar-refractivity contribution in [2.75, 3.05) is 12.9 Å². The van der Waals surface area contributed by atoms with E-state index in [4.69, 9.17) is 4.74 Å². The van der Waals surface area contributed by atoms with Crippen LogP contribution in [0.2, 0.25) is 0 Å². The van der Waals surface area contributed by atoms with Gasteiger partial charge in [-0.05, 0) is 12.1 Å². The lowest BCUT2D eigenvalue weighted by atomic mass is 10.3.